The van der Waals surface area contributed by atoms with Gasteiger partial charge >= 0.3 is 0 Å². The fraction of sp³-hybridized carbons (Fsp3) is 1.00. The molecule has 1 heterocycles. The second-order valence-electron chi connectivity index (χ2n) is 5.22. The lowest BCUT2D eigenvalue weighted by Crippen LogP contribution is -2.34. The third-order valence-corrected chi connectivity index (χ3v) is 4.14. The van der Waals surface area contributed by atoms with Crippen LogP contribution >= 0.6 is 0 Å². The van der Waals surface area contributed by atoms with Crippen LogP contribution in [0.4, 0.5) is 0 Å². The zero-order valence-corrected chi connectivity index (χ0v) is 11.5. The van der Waals surface area contributed by atoms with E-state index >= 15 is 0 Å². The molecule has 0 spiro atoms. The van der Waals surface area contributed by atoms with Crippen molar-refractivity contribution in [1.82, 2.24) is 10.2 Å². The highest BCUT2D eigenvalue weighted by atomic mass is 15.1. The summed E-state index contributed by atoms with van der Waals surface area (Å²) in [4.78, 5) is 2.63. The van der Waals surface area contributed by atoms with Crippen LogP contribution < -0.4 is 5.32 Å². The molecule has 1 atom stereocenters. The Morgan fingerprint density at radius 2 is 1.94 bits per heavy atom. The molecule has 0 radical (unpaired) electrons. The van der Waals surface area contributed by atoms with Crippen LogP contribution in [0.2, 0.25) is 0 Å². The van der Waals surface area contributed by atoms with Crippen LogP contribution in [0, 0.1) is 5.92 Å². The molecule has 0 aromatic rings. The van der Waals surface area contributed by atoms with Gasteiger partial charge in [-0.25, -0.2) is 0 Å². The smallest absolute Gasteiger partial charge is 0.00641 e. The predicted octanol–water partition coefficient (Wildman–Crippen LogP) is 2.89. The fourth-order valence-electron chi connectivity index (χ4n) is 2.70. The standard InChI is InChI=1S/C14H30N2/c1-4-13(3)16(5-2)12-6-7-14-8-10-15-11-9-14/h13-15H,4-12H2,1-3H3. The third kappa shape index (κ3) is 4.84. The average molecular weight is 226 g/mol. The molecule has 0 aromatic carbocycles. The van der Waals surface area contributed by atoms with Gasteiger partial charge in [-0.15, -0.1) is 0 Å². The van der Waals surface area contributed by atoms with E-state index in [-0.39, 0.29) is 0 Å². The molecule has 0 aromatic heterocycles. The summed E-state index contributed by atoms with van der Waals surface area (Å²) in [5.74, 6) is 0.997. The molecular weight excluding hydrogens is 196 g/mol. The first-order valence-corrected chi connectivity index (χ1v) is 7.22. The molecule has 1 N–H and O–H groups in total. The van der Waals surface area contributed by atoms with Crippen molar-refractivity contribution in [3.8, 4) is 0 Å². The van der Waals surface area contributed by atoms with Crippen LogP contribution in [0.1, 0.15) is 52.9 Å². The van der Waals surface area contributed by atoms with Gasteiger partial charge in [0.2, 0.25) is 0 Å². The van der Waals surface area contributed by atoms with Gasteiger partial charge in [-0.3, -0.25) is 0 Å². The highest BCUT2D eigenvalue weighted by molar-refractivity contribution is 4.70. The molecule has 0 bridgehead atoms. The summed E-state index contributed by atoms with van der Waals surface area (Å²) in [6.45, 7) is 11.9. The predicted molar refractivity (Wildman–Crippen MR) is 71.8 cm³/mol. The minimum absolute atomic E-state index is 0.762. The highest BCUT2D eigenvalue weighted by Gasteiger charge is 2.14. The van der Waals surface area contributed by atoms with E-state index < -0.39 is 0 Å². The Labute approximate surface area is 102 Å². The van der Waals surface area contributed by atoms with E-state index in [4.69, 9.17) is 0 Å². The first kappa shape index (κ1) is 14.0. The number of piperidine rings is 1. The number of nitrogens with one attached hydrogen (secondary N) is 1. The largest absolute Gasteiger partial charge is 0.317 e. The zero-order chi connectivity index (χ0) is 11.8. The van der Waals surface area contributed by atoms with Gasteiger partial charge < -0.3 is 10.2 Å². The Bertz CT molecular complexity index is 164. The van der Waals surface area contributed by atoms with E-state index in [1.165, 1.54) is 58.3 Å². The molecule has 1 aliphatic heterocycles. The topological polar surface area (TPSA) is 15.3 Å². The number of hydrogen-bond acceptors (Lipinski definition) is 2. The van der Waals surface area contributed by atoms with Crippen LogP contribution in [0.5, 0.6) is 0 Å². The van der Waals surface area contributed by atoms with Gasteiger partial charge in [0.05, 0.1) is 0 Å². The molecule has 0 amide bonds. The molecule has 1 unspecified atom stereocenters. The molecule has 0 saturated carbocycles. The SMILES string of the molecule is CCC(C)N(CC)CCCC1CCNCC1. The first-order valence-electron chi connectivity index (χ1n) is 7.22. The Balaban J connectivity index is 2.12. The molecule has 0 aliphatic carbocycles. The second-order valence-corrected chi connectivity index (χ2v) is 5.22. The minimum atomic E-state index is 0.762. The van der Waals surface area contributed by atoms with Crippen molar-refractivity contribution in [3.63, 3.8) is 0 Å². The van der Waals surface area contributed by atoms with E-state index in [0.29, 0.717) is 0 Å². The molecule has 16 heavy (non-hydrogen) atoms. The van der Waals surface area contributed by atoms with Gasteiger partial charge in [0.15, 0.2) is 0 Å². The lowest BCUT2D eigenvalue weighted by atomic mass is 9.93. The molecule has 96 valence electrons. The average Bonchev–Trinajstić information content (AvgIpc) is 2.35. The van der Waals surface area contributed by atoms with Gasteiger partial charge in [-0.05, 0) is 71.1 Å². The van der Waals surface area contributed by atoms with Crippen LogP contribution in [0.15, 0.2) is 0 Å². The maximum absolute atomic E-state index is 3.44. The van der Waals surface area contributed by atoms with Crippen molar-refractivity contribution in [2.24, 2.45) is 5.92 Å². The number of nitrogens with zero attached hydrogens (tertiary/aromatic N) is 1. The molecule has 2 heteroatoms. The molecule has 1 rings (SSSR count). The van der Waals surface area contributed by atoms with Crippen molar-refractivity contribution in [2.75, 3.05) is 26.2 Å². The quantitative estimate of drug-likeness (QED) is 0.718. The number of rotatable bonds is 7. The summed E-state index contributed by atoms with van der Waals surface area (Å²) in [5.41, 5.74) is 0. The van der Waals surface area contributed by atoms with Gasteiger partial charge in [-0.2, -0.15) is 0 Å². The monoisotopic (exact) mass is 226 g/mol. The minimum Gasteiger partial charge on any atom is -0.317 e. The highest BCUT2D eigenvalue weighted by Crippen LogP contribution is 2.18. The Morgan fingerprint density at radius 1 is 1.25 bits per heavy atom. The van der Waals surface area contributed by atoms with E-state index in [9.17, 15) is 0 Å². The van der Waals surface area contributed by atoms with Crippen LogP contribution in [0.25, 0.3) is 0 Å². The van der Waals surface area contributed by atoms with E-state index in [0.717, 1.165) is 12.0 Å². The van der Waals surface area contributed by atoms with Crippen molar-refractivity contribution < 1.29 is 0 Å². The Hall–Kier alpha value is -0.0800. The van der Waals surface area contributed by atoms with Crippen LogP contribution in [-0.4, -0.2) is 37.1 Å². The molecule has 1 aliphatic rings. The summed E-state index contributed by atoms with van der Waals surface area (Å²) in [6.07, 6.45) is 6.91. The Kier molecular flexibility index (Phi) is 7.06. The summed E-state index contributed by atoms with van der Waals surface area (Å²) in [6, 6.07) is 0.762. The van der Waals surface area contributed by atoms with Gasteiger partial charge in [0.1, 0.15) is 0 Å². The zero-order valence-electron chi connectivity index (χ0n) is 11.5. The van der Waals surface area contributed by atoms with E-state index in [2.05, 4.69) is 31.0 Å². The van der Waals surface area contributed by atoms with Crippen molar-refractivity contribution in [3.05, 3.63) is 0 Å². The van der Waals surface area contributed by atoms with Crippen LogP contribution in [0.3, 0.4) is 0 Å². The van der Waals surface area contributed by atoms with Gasteiger partial charge in [-0.1, -0.05) is 13.8 Å². The van der Waals surface area contributed by atoms with E-state index in [1.54, 1.807) is 0 Å². The van der Waals surface area contributed by atoms with Gasteiger partial charge in [0, 0.05) is 6.04 Å². The summed E-state index contributed by atoms with van der Waals surface area (Å²) in [7, 11) is 0. The van der Waals surface area contributed by atoms with Crippen molar-refractivity contribution in [2.45, 2.75) is 58.9 Å². The van der Waals surface area contributed by atoms with Crippen molar-refractivity contribution in [1.29, 1.82) is 0 Å². The molecule has 1 fully saturated rings. The number of hydrogen-bond donors (Lipinski definition) is 1. The second kappa shape index (κ2) is 8.08. The van der Waals surface area contributed by atoms with E-state index in [1.807, 2.05) is 0 Å². The van der Waals surface area contributed by atoms with Crippen LogP contribution in [-0.2, 0) is 0 Å². The molecule has 2 nitrogen and oxygen atoms in total. The third-order valence-electron chi connectivity index (χ3n) is 4.14. The maximum atomic E-state index is 3.44. The van der Waals surface area contributed by atoms with Gasteiger partial charge in [0.25, 0.3) is 0 Å². The summed E-state index contributed by atoms with van der Waals surface area (Å²) >= 11 is 0. The lowest BCUT2D eigenvalue weighted by Gasteiger charge is -2.28. The Morgan fingerprint density at radius 3 is 2.50 bits per heavy atom. The molecular formula is C14H30N2. The normalized spacial score (nSPS) is 20.2. The first-order chi connectivity index (χ1) is 7.77. The lowest BCUT2D eigenvalue weighted by molar-refractivity contribution is 0.202. The summed E-state index contributed by atoms with van der Waals surface area (Å²) in [5, 5.41) is 3.44. The van der Waals surface area contributed by atoms with Crippen molar-refractivity contribution >= 4 is 0 Å². The fourth-order valence-corrected chi connectivity index (χ4v) is 2.70. The summed E-state index contributed by atoms with van der Waals surface area (Å²) < 4.78 is 0. The molecule has 1 saturated heterocycles. The maximum Gasteiger partial charge on any atom is 0.00641 e.